The number of nitrogens with two attached hydrogens (primary N) is 1. The number of hydrogen-bond acceptors (Lipinski definition) is 3. The van der Waals surface area contributed by atoms with Gasteiger partial charge in [-0.1, -0.05) is 24.4 Å². The predicted octanol–water partition coefficient (Wildman–Crippen LogP) is 4.29. The van der Waals surface area contributed by atoms with E-state index in [1.807, 2.05) is 4.90 Å². The Morgan fingerprint density at radius 3 is 2.44 bits per heavy atom. The number of anilines is 1. The van der Waals surface area contributed by atoms with Gasteiger partial charge in [-0.25, -0.2) is 9.78 Å². The van der Waals surface area contributed by atoms with E-state index in [-0.39, 0.29) is 17.1 Å². The lowest BCUT2D eigenvalue weighted by molar-refractivity contribution is -0.137. The summed E-state index contributed by atoms with van der Waals surface area (Å²) in [6.45, 7) is 1.99. The molecule has 0 aromatic carbocycles. The van der Waals surface area contributed by atoms with Gasteiger partial charge in [0.15, 0.2) is 0 Å². The van der Waals surface area contributed by atoms with Gasteiger partial charge in [-0.15, -0.1) is 0 Å². The van der Waals surface area contributed by atoms with Crippen molar-refractivity contribution in [3.63, 3.8) is 0 Å². The first kappa shape index (κ1) is 20.0. The van der Waals surface area contributed by atoms with Crippen molar-refractivity contribution in [3.05, 3.63) is 22.8 Å². The number of aromatic nitrogens is 1. The van der Waals surface area contributed by atoms with E-state index < -0.39 is 11.7 Å². The Labute approximate surface area is 161 Å². The van der Waals surface area contributed by atoms with Crippen molar-refractivity contribution in [1.29, 1.82) is 0 Å². The fourth-order valence-corrected chi connectivity index (χ4v) is 4.50. The van der Waals surface area contributed by atoms with Crippen molar-refractivity contribution in [2.75, 3.05) is 24.5 Å². The van der Waals surface area contributed by atoms with E-state index in [1.165, 1.54) is 0 Å². The number of piperidine rings is 1. The largest absolute Gasteiger partial charge is 0.417 e. The molecule has 0 bridgehead atoms. The molecule has 0 saturated carbocycles. The van der Waals surface area contributed by atoms with Crippen molar-refractivity contribution in [3.8, 4) is 0 Å². The molecule has 27 heavy (non-hydrogen) atoms. The number of nitrogens with zero attached hydrogens (tertiary/aromatic N) is 3. The number of pyridine rings is 1. The molecule has 5 nitrogen and oxygen atoms in total. The first-order chi connectivity index (χ1) is 12.8. The highest BCUT2D eigenvalue weighted by Gasteiger charge is 2.35. The smallest absolute Gasteiger partial charge is 0.355 e. The molecule has 3 rings (SSSR count). The third-order valence-corrected chi connectivity index (χ3v) is 5.89. The van der Waals surface area contributed by atoms with Crippen LogP contribution in [-0.2, 0) is 6.18 Å². The van der Waals surface area contributed by atoms with Crippen LogP contribution < -0.4 is 10.6 Å². The highest BCUT2D eigenvalue weighted by Crippen LogP contribution is 2.36. The third kappa shape index (κ3) is 4.59. The Kier molecular flexibility index (Phi) is 6.03. The van der Waals surface area contributed by atoms with Crippen molar-refractivity contribution >= 4 is 23.4 Å². The predicted molar refractivity (Wildman–Crippen MR) is 97.7 cm³/mol. The van der Waals surface area contributed by atoms with Gasteiger partial charge >= 0.3 is 12.2 Å². The van der Waals surface area contributed by atoms with Crippen LogP contribution in [0.15, 0.2) is 12.3 Å². The van der Waals surface area contributed by atoms with E-state index in [9.17, 15) is 18.0 Å². The summed E-state index contributed by atoms with van der Waals surface area (Å²) < 4.78 is 38.3. The molecule has 0 aliphatic carbocycles. The molecular weight excluding hydrogens is 381 g/mol. The van der Waals surface area contributed by atoms with Crippen LogP contribution >= 0.6 is 11.6 Å². The Bertz CT molecular complexity index is 677. The molecule has 0 radical (unpaired) electrons. The normalized spacial score (nSPS) is 22.6. The van der Waals surface area contributed by atoms with Crippen molar-refractivity contribution in [2.24, 2.45) is 11.7 Å². The molecular formula is C18H24ClF3N4O. The molecule has 2 aliphatic rings. The SMILES string of the molecule is NC(=O)N1CCCCCC1C1CCN(c2ncc(C(F)(F)F)cc2Cl)CC1. The van der Waals surface area contributed by atoms with Gasteiger partial charge in [-0.2, -0.15) is 13.2 Å². The van der Waals surface area contributed by atoms with Gasteiger partial charge < -0.3 is 15.5 Å². The first-order valence-electron chi connectivity index (χ1n) is 9.31. The van der Waals surface area contributed by atoms with Crippen LogP contribution in [0.1, 0.15) is 44.1 Å². The molecule has 1 aromatic heterocycles. The van der Waals surface area contributed by atoms with Gasteiger partial charge in [0.05, 0.1) is 10.6 Å². The molecule has 0 spiro atoms. The summed E-state index contributed by atoms with van der Waals surface area (Å²) in [5, 5.41) is 0.0107. The highest BCUT2D eigenvalue weighted by molar-refractivity contribution is 6.33. The third-order valence-electron chi connectivity index (χ3n) is 5.61. The molecule has 2 amide bonds. The van der Waals surface area contributed by atoms with E-state index in [0.29, 0.717) is 31.4 Å². The van der Waals surface area contributed by atoms with Crippen molar-refractivity contribution < 1.29 is 18.0 Å². The number of urea groups is 1. The number of likely N-dealkylation sites (tertiary alicyclic amines) is 1. The quantitative estimate of drug-likeness (QED) is 0.799. The maximum Gasteiger partial charge on any atom is 0.417 e. The van der Waals surface area contributed by atoms with Crippen LogP contribution in [0.25, 0.3) is 0 Å². The Morgan fingerprint density at radius 2 is 1.85 bits per heavy atom. The number of rotatable bonds is 2. The monoisotopic (exact) mass is 404 g/mol. The summed E-state index contributed by atoms with van der Waals surface area (Å²) in [7, 11) is 0. The second kappa shape index (κ2) is 8.12. The summed E-state index contributed by atoms with van der Waals surface area (Å²) in [6.07, 6.45) is 2.13. The van der Waals surface area contributed by atoms with E-state index in [2.05, 4.69) is 4.98 Å². The zero-order valence-corrected chi connectivity index (χ0v) is 15.8. The van der Waals surface area contributed by atoms with Gasteiger partial charge in [0.25, 0.3) is 0 Å². The average Bonchev–Trinajstić information content (AvgIpc) is 2.87. The lowest BCUT2D eigenvalue weighted by atomic mass is 9.86. The summed E-state index contributed by atoms with van der Waals surface area (Å²) in [4.78, 5) is 19.5. The van der Waals surface area contributed by atoms with Gasteiger partial charge in [-0.05, 0) is 37.7 Å². The van der Waals surface area contributed by atoms with Crippen LogP contribution in [0.5, 0.6) is 0 Å². The van der Waals surface area contributed by atoms with Crippen molar-refractivity contribution in [1.82, 2.24) is 9.88 Å². The minimum Gasteiger partial charge on any atom is -0.355 e. The fraction of sp³-hybridized carbons (Fsp3) is 0.667. The van der Waals surface area contributed by atoms with Gasteiger partial charge in [-0.3, -0.25) is 0 Å². The lowest BCUT2D eigenvalue weighted by Gasteiger charge is -2.40. The van der Waals surface area contributed by atoms with Gasteiger partial charge in [0.1, 0.15) is 5.82 Å². The number of carbonyl (C=O) groups is 1. The zero-order valence-electron chi connectivity index (χ0n) is 15.0. The Balaban J connectivity index is 1.67. The summed E-state index contributed by atoms with van der Waals surface area (Å²) >= 11 is 6.07. The summed E-state index contributed by atoms with van der Waals surface area (Å²) in [5.74, 6) is 0.718. The Hall–Kier alpha value is -1.70. The lowest BCUT2D eigenvalue weighted by Crippen LogP contribution is -2.49. The molecule has 1 unspecified atom stereocenters. The molecule has 1 atom stereocenters. The maximum atomic E-state index is 12.8. The summed E-state index contributed by atoms with van der Waals surface area (Å²) in [5.41, 5.74) is 4.73. The van der Waals surface area contributed by atoms with Crippen molar-refractivity contribution in [2.45, 2.75) is 50.7 Å². The van der Waals surface area contributed by atoms with Crippen LogP contribution in [0.4, 0.5) is 23.8 Å². The molecule has 2 fully saturated rings. The molecule has 150 valence electrons. The molecule has 9 heteroatoms. The van der Waals surface area contributed by atoms with Crippen LogP contribution in [0.2, 0.25) is 5.02 Å². The summed E-state index contributed by atoms with van der Waals surface area (Å²) in [6, 6.07) is 0.704. The highest BCUT2D eigenvalue weighted by atomic mass is 35.5. The van der Waals surface area contributed by atoms with Crippen LogP contribution in [-0.4, -0.2) is 41.6 Å². The number of halogens is 4. The van der Waals surface area contributed by atoms with Crippen LogP contribution in [0.3, 0.4) is 0 Å². The molecule has 2 aliphatic heterocycles. The standard InChI is InChI=1S/C18H24ClF3N4O/c19-14-10-13(18(20,21)22)11-24-16(14)25-8-5-12(6-9-25)15-4-2-1-3-7-26(15)17(23)27/h10-12,15H,1-9H2,(H2,23,27). The first-order valence-corrected chi connectivity index (χ1v) is 9.69. The second-order valence-electron chi connectivity index (χ2n) is 7.30. The minimum atomic E-state index is -4.46. The minimum absolute atomic E-state index is 0.0107. The van der Waals surface area contributed by atoms with E-state index in [0.717, 1.165) is 50.8 Å². The zero-order chi connectivity index (χ0) is 19.6. The molecule has 2 N–H and O–H groups in total. The topological polar surface area (TPSA) is 62.5 Å². The molecule has 1 aromatic rings. The number of carbonyl (C=O) groups excluding carboxylic acids is 1. The van der Waals surface area contributed by atoms with E-state index in [4.69, 9.17) is 17.3 Å². The second-order valence-corrected chi connectivity index (χ2v) is 7.71. The number of amides is 2. The maximum absolute atomic E-state index is 12.8. The number of primary amides is 1. The number of hydrogen-bond donors (Lipinski definition) is 1. The van der Waals surface area contributed by atoms with Gasteiger partial charge in [0.2, 0.25) is 0 Å². The number of alkyl halides is 3. The fourth-order valence-electron chi connectivity index (χ4n) is 4.21. The van der Waals surface area contributed by atoms with Crippen LogP contribution in [0, 0.1) is 5.92 Å². The molecule has 2 saturated heterocycles. The molecule has 3 heterocycles. The Morgan fingerprint density at radius 1 is 1.15 bits per heavy atom. The van der Waals surface area contributed by atoms with Gasteiger partial charge in [0, 0.05) is 31.9 Å². The average molecular weight is 405 g/mol. The van der Waals surface area contributed by atoms with E-state index >= 15 is 0 Å². The van der Waals surface area contributed by atoms with E-state index in [1.54, 1.807) is 4.90 Å².